The van der Waals surface area contributed by atoms with Gasteiger partial charge in [0.15, 0.2) is 0 Å². The van der Waals surface area contributed by atoms with Crippen LogP contribution in [0.15, 0.2) is 0 Å². The third-order valence-corrected chi connectivity index (χ3v) is 4.58. The molecule has 0 aromatic carbocycles. The molecule has 2 fully saturated rings. The van der Waals surface area contributed by atoms with Gasteiger partial charge in [-0.2, -0.15) is 0 Å². The molecule has 0 aliphatic carbocycles. The summed E-state index contributed by atoms with van der Waals surface area (Å²) >= 11 is 0. The highest BCUT2D eigenvalue weighted by Crippen LogP contribution is 2.24. The number of aliphatic carboxylic acids is 1. The Kier molecular flexibility index (Phi) is 5.85. The normalized spacial score (nSPS) is 26.7. The first-order chi connectivity index (χ1) is 10.1. The van der Waals surface area contributed by atoms with Crippen LogP contribution in [0.4, 0.5) is 4.79 Å². The summed E-state index contributed by atoms with van der Waals surface area (Å²) in [5.74, 6) is -0.305. The van der Waals surface area contributed by atoms with E-state index in [1.165, 1.54) is 0 Å². The molecule has 2 N–H and O–H groups in total. The average Bonchev–Trinajstić information content (AvgIpc) is 2.47. The first kappa shape index (κ1) is 16.1. The second-order valence-corrected chi connectivity index (χ2v) is 6.30. The lowest BCUT2D eigenvalue weighted by atomic mass is 9.94. The van der Waals surface area contributed by atoms with Gasteiger partial charge in [-0.3, -0.25) is 4.79 Å². The highest BCUT2D eigenvalue weighted by molar-refractivity contribution is 5.75. The molecule has 6 nitrogen and oxygen atoms in total. The van der Waals surface area contributed by atoms with Crippen molar-refractivity contribution in [3.05, 3.63) is 0 Å². The Morgan fingerprint density at radius 3 is 2.14 bits per heavy atom. The number of hydrogen-bond donors (Lipinski definition) is 2. The smallest absolute Gasteiger partial charge is 0.320 e. The van der Waals surface area contributed by atoms with Gasteiger partial charge in [0.1, 0.15) is 0 Å². The molecule has 120 valence electrons. The van der Waals surface area contributed by atoms with Crippen molar-refractivity contribution in [2.75, 3.05) is 32.8 Å². The van der Waals surface area contributed by atoms with E-state index in [4.69, 9.17) is 10.2 Å². The standard InChI is InChI=1S/C15H26N2O4/c18-8-5-12-3-1-6-16(10-12)15(21)17-7-2-4-13(11-17)9-14(19)20/h12-13,18H,1-11H2,(H,19,20). The van der Waals surface area contributed by atoms with E-state index in [2.05, 4.69) is 0 Å². The van der Waals surface area contributed by atoms with Gasteiger partial charge < -0.3 is 20.0 Å². The molecule has 2 atom stereocenters. The van der Waals surface area contributed by atoms with Crippen LogP contribution in [0.2, 0.25) is 0 Å². The van der Waals surface area contributed by atoms with Crippen molar-refractivity contribution in [1.82, 2.24) is 9.80 Å². The monoisotopic (exact) mass is 298 g/mol. The zero-order chi connectivity index (χ0) is 15.2. The van der Waals surface area contributed by atoms with Crippen molar-refractivity contribution in [1.29, 1.82) is 0 Å². The van der Waals surface area contributed by atoms with Crippen molar-refractivity contribution in [2.45, 2.75) is 38.5 Å². The molecular weight excluding hydrogens is 272 g/mol. The molecule has 2 amide bonds. The van der Waals surface area contributed by atoms with E-state index in [0.717, 1.165) is 51.7 Å². The minimum absolute atomic E-state index is 0.0488. The van der Waals surface area contributed by atoms with Gasteiger partial charge in [0.05, 0.1) is 0 Å². The van der Waals surface area contributed by atoms with Crippen LogP contribution in [0.3, 0.4) is 0 Å². The number of likely N-dealkylation sites (tertiary alicyclic amines) is 2. The number of rotatable bonds is 4. The molecule has 6 heteroatoms. The maximum Gasteiger partial charge on any atom is 0.320 e. The van der Waals surface area contributed by atoms with Crippen LogP contribution in [-0.2, 0) is 4.79 Å². The average molecular weight is 298 g/mol. The molecule has 0 spiro atoms. The molecule has 2 rings (SSSR count). The van der Waals surface area contributed by atoms with Crippen molar-refractivity contribution in [2.24, 2.45) is 11.8 Å². The molecule has 0 radical (unpaired) electrons. The van der Waals surface area contributed by atoms with Crippen molar-refractivity contribution in [3.63, 3.8) is 0 Å². The van der Waals surface area contributed by atoms with Gasteiger partial charge >= 0.3 is 12.0 Å². The van der Waals surface area contributed by atoms with Gasteiger partial charge in [0, 0.05) is 39.2 Å². The lowest BCUT2D eigenvalue weighted by Gasteiger charge is -2.39. The van der Waals surface area contributed by atoms with Crippen LogP contribution in [0, 0.1) is 11.8 Å². The molecule has 0 saturated carbocycles. The topological polar surface area (TPSA) is 81.1 Å². The highest BCUT2D eigenvalue weighted by atomic mass is 16.4. The zero-order valence-electron chi connectivity index (χ0n) is 12.5. The lowest BCUT2D eigenvalue weighted by molar-refractivity contribution is -0.138. The number of amides is 2. The van der Waals surface area contributed by atoms with Crippen LogP contribution < -0.4 is 0 Å². The van der Waals surface area contributed by atoms with Gasteiger partial charge in [-0.05, 0) is 43.9 Å². The summed E-state index contributed by atoms with van der Waals surface area (Å²) in [7, 11) is 0. The summed E-state index contributed by atoms with van der Waals surface area (Å²) in [5.41, 5.74) is 0. The number of piperidine rings is 2. The maximum atomic E-state index is 12.6. The fourth-order valence-corrected chi connectivity index (χ4v) is 3.51. The van der Waals surface area contributed by atoms with Crippen molar-refractivity contribution >= 4 is 12.0 Å². The number of carbonyl (C=O) groups excluding carboxylic acids is 1. The Balaban J connectivity index is 1.88. The lowest BCUT2D eigenvalue weighted by Crippen LogP contribution is -2.50. The number of carboxylic acid groups (broad SMARTS) is 1. The van der Waals surface area contributed by atoms with E-state index in [9.17, 15) is 9.59 Å². The van der Waals surface area contributed by atoms with E-state index in [1.807, 2.05) is 9.80 Å². The van der Waals surface area contributed by atoms with E-state index < -0.39 is 5.97 Å². The largest absolute Gasteiger partial charge is 0.481 e. The summed E-state index contributed by atoms with van der Waals surface area (Å²) in [6.07, 6.45) is 4.75. The van der Waals surface area contributed by atoms with Crippen LogP contribution in [0.1, 0.15) is 38.5 Å². The number of nitrogens with zero attached hydrogens (tertiary/aromatic N) is 2. The Hall–Kier alpha value is -1.30. The molecular formula is C15H26N2O4. The summed E-state index contributed by atoms with van der Waals surface area (Å²) in [6, 6.07) is 0.0488. The molecule has 0 aromatic rings. The van der Waals surface area contributed by atoms with Crippen LogP contribution in [0.5, 0.6) is 0 Å². The van der Waals surface area contributed by atoms with Crippen LogP contribution in [-0.4, -0.2) is 64.8 Å². The van der Waals surface area contributed by atoms with Crippen LogP contribution >= 0.6 is 0 Å². The predicted octanol–water partition coefficient (Wildman–Crippen LogP) is 1.39. The van der Waals surface area contributed by atoms with Gasteiger partial charge in [0.25, 0.3) is 0 Å². The Labute approximate surface area is 125 Å². The Morgan fingerprint density at radius 1 is 1.00 bits per heavy atom. The van der Waals surface area contributed by atoms with Crippen molar-refractivity contribution < 1.29 is 19.8 Å². The number of aliphatic hydroxyl groups is 1. The van der Waals surface area contributed by atoms with Gasteiger partial charge in [-0.15, -0.1) is 0 Å². The highest BCUT2D eigenvalue weighted by Gasteiger charge is 2.30. The van der Waals surface area contributed by atoms with Gasteiger partial charge in [0.2, 0.25) is 0 Å². The maximum absolute atomic E-state index is 12.6. The number of aliphatic hydroxyl groups excluding tert-OH is 1. The molecule has 0 aromatic heterocycles. The number of carboxylic acids is 1. The fraction of sp³-hybridized carbons (Fsp3) is 0.867. The summed E-state index contributed by atoms with van der Waals surface area (Å²) in [4.78, 5) is 27.1. The molecule has 2 heterocycles. The molecule has 21 heavy (non-hydrogen) atoms. The Bertz CT molecular complexity index is 373. The Morgan fingerprint density at radius 2 is 1.57 bits per heavy atom. The molecule has 2 aliphatic rings. The van der Waals surface area contributed by atoms with Gasteiger partial charge in [-0.25, -0.2) is 4.79 Å². The van der Waals surface area contributed by atoms with E-state index in [1.54, 1.807) is 0 Å². The number of urea groups is 1. The molecule has 2 aliphatic heterocycles. The first-order valence-electron chi connectivity index (χ1n) is 7.96. The second kappa shape index (κ2) is 7.64. The predicted molar refractivity (Wildman–Crippen MR) is 77.9 cm³/mol. The second-order valence-electron chi connectivity index (χ2n) is 6.30. The molecule has 0 bridgehead atoms. The van der Waals surface area contributed by atoms with Crippen LogP contribution in [0.25, 0.3) is 0 Å². The summed E-state index contributed by atoms with van der Waals surface area (Å²) < 4.78 is 0. The van der Waals surface area contributed by atoms with E-state index in [-0.39, 0.29) is 25.0 Å². The third kappa shape index (κ3) is 4.59. The summed E-state index contributed by atoms with van der Waals surface area (Å²) in [5, 5.41) is 17.9. The van der Waals surface area contributed by atoms with Crippen molar-refractivity contribution in [3.8, 4) is 0 Å². The zero-order valence-corrected chi connectivity index (χ0v) is 12.5. The number of carbonyl (C=O) groups is 2. The quantitative estimate of drug-likeness (QED) is 0.822. The fourth-order valence-electron chi connectivity index (χ4n) is 3.51. The molecule has 2 saturated heterocycles. The number of hydrogen-bond acceptors (Lipinski definition) is 3. The van der Waals surface area contributed by atoms with E-state index >= 15 is 0 Å². The minimum Gasteiger partial charge on any atom is -0.481 e. The SMILES string of the molecule is O=C(O)CC1CCCN(C(=O)N2CCCC(CCO)C2)C1. The van der Waals surface area contributed by atoms with E-state index in [0.29, 0.717) is 12.5 Å². The van der Waals surface area contributed by atoms with Gasteiger partial charge in [-0.1, -0.05) is 0 Å². The first-order valence-corrected chi connectivity index (χ1v) is 7.96. The third-order valence-electron chi connectivity index (χ3n) is 4.58. The molecule has 2 unspecified atom stereocenters. The summed E-state index contributed by atoms with van der Waals surface area (Å²) in [6.45, 7) is 2.97. The minimum atomic E-state index is -0.782.